The predicted molar refractivity (Wildman–Crippen MR) is 70.2 cm³/mol. The van der Waals surface area contributed by atoms with Gasteiger partial charge in [-0.3, -0.25) is 4.68 Å². The molecule has 2 heterocycles. The van der Waals surface area contributed by atoms with E-state index < -0.39 is 0 Å². The van der Waals surface area contributed by atoms with Crippen LogP contribution in [0, 0.1) is 13.8 Å². The molecule has 0 aliphatic carbocycles. The van der Waals surface area contributed by atoms with Gasteiger partial charge < -0.3 is 5.73 Å². The van der Waals surface area contributed by atoms with E-state index >= 15 is 0 Å². The van der Waals surface area contributed by atoms with E-state index in [0.29, 0.717) is 0 Å². The minimum atomic E-state index is 0.103. The number of hydrogen-bond acceptors (Lipinski definition) is 4. The van der Waals surface area contributed by atoms with Crippen molar-refractivity contribution in [3.05, 3.63) is 33.5 Å². The third-order valence-electron chi connectivity index (χ3n) is 2.71. The van der Waals surface area contributed by atoms with Crippen molar-refractivity contribution in [1.29, 1.82) is 0 Å². The van der Waals surface area contributed by atoms with Crippen molar-refractivity contribution in [2.75, 3.05) is 0 Å². The summed E-state index contributed by atoms with van der Waals surface area (Å²) in [5.41, 5.74) is 9.47. The number of aryl methyl sites for hydroxylation is 3. The van der Waals surface area contributed by atoms with E-state index in [4.69, 9.17) is 5.73 Å². The van der Waals surface area contributed by atoms with Crippen molar-refractivity contribution in [2.45, 2.75) is 32.7 Å². The van der Waals surface area contributed by atoms with Gasteiger partial charge in [0.1, 0.15) is 0 Å². The molecule has 0 radical (unpaired) electrons. The lowest BCUT2D eigenvalue weighted by Gasteiger charge is -2.09. The maximum Gasteiger partial charge on any atom is 0.0897 e. The van der Waals surface area contributed by atoms with Gasteiger partial charge in [0.2, 0.25) is 0 Å². The summed E-state index contributed by atoms with van der Waals surface area (Å²) in [5.74, 6) is 0. The molecule has 2 N–H and O–H groups in total. The number of aromatic nitrogens is 3. The summed E-state index contributed by atoms with van der Waals surface area (Å²) in [5, 5.41) is 7.51. The molecule has 4 nitrogen and oxygen atoms in total. The van der Waals surface area contributed by atoms with Gasteiger partial charge in [-0.25, -0.2) is 4.98 Å². The maximum atomic E-state index is 6.15. The van der Waals surface area contributed by atoms with Gasteiger partial charge in [-0.15, -0.1) is 11.3 Å². The Morgan fingerprint density at radius 1 is 1.41 bits per heavy atom. The summed E-state index contributed by atoms with van der Waals surface area (Å²) in [6.07, 6.45) is 1.67. The summed E-state index contributed by atoms with van der Waals surface area (Å²) in [6.45, 7) is 4.02. The quantitative estimate of drug-likeness (QED) is 0.897. The number of nitrogens with zero attached hydrogens (tertiary/aromatic N) is 3. The van der Waals surface area contributed by atoms with Crippen molar-refractivity contribution in [1.82, 2.24) is 14.8 Å². The molecule has 0 bridgehead atoms. The van der Waals surface area contributed by atoms with Gasteiger partial charge in [0.15, 0.2) is 0 Å². The monoisotopic (exact) mass is 250 g/mol. The highest BCUT2D eigenvalue weighted by molar-refractivity contribution is 7.09. The summed E-state index contributed by atoms with van der Waals surface area (Å²) in [4.78, 5) is 4.44. The highest BCUT2D eigenvalue weighted by atomic mass is 32.1. The van der Waals surface area contributed by atoms with Crippen molar-refractivity contribution in [2.24, 2.45) is 12.8 Å². The van der Waals surface area contributed by atoms with Crippen LogP contribution in [0.25, 0.3) is 0 Å². The van der Waals surface area contributed by atoms with Crippen LogP contribution in [-0.2, 0) is 19.9 Å². The molecule has 92 valence electrons. The molecule has 0 fully saturated rings. The Balaban J connectivity index is 1.97. The maximum absolute atomic E-state index is 6.15. The summed E-state index contributed by atoms with van der Waals surface area (Å²) >= 11 is 1.68. The summed E-state index contributed by atoms with van der Waals surface area (Å²) in [6, 6.07) is 2.19. The lowest BCUT2D eigenvalue weighted by Crippen LogP contribution is -2.26. The largest absolute Gasteiger partial charge is 0.327 e. The van der Waals surface area contributed by atoms with Crippen LogP contribution in [0.2, 0.25) is 0 Å². The van der Waals surface area contributed by atoms with Gasteiger partial charge in [0, 0.05) is 37.0 Å². The Kier molecular flexibility index (Phi) is 3.59. The van der Waals surface area contributed by atoms with Crippen LogP contribution in [0.1, 0.15) is 22.1 Å². The second-order valence-corrected chi connectivity index (χ2v) is 5.49. The molecule has 2 aromatic heterocycles. The van der Waals surface area contributed by atoms with Gasteiger partial charge >= 0.3 is 0 Å². The average Bonchev–Trinajstić information content (AvgIpc) is 2.74. The number of thiazole rings is 1. The van der Waals surface area contributed by atoms with Crippen LogP contribution >= 0.6 is 11.3 Å². The van der Waals surface area contributed by atoms with E-state index in [0.717, 1.165) is 29.2 Å². The van der Waals surface area contributed by atoms with E-state index in [1.807, 2.05) is 25.6 Å². The smallest absolute Gasteiger partial charge is 0.0897 e. The fourth-order valence-electron chi connectivity index (χ4n) is 1.97. The Labute approximate surface area is 105 Å². The lowest BCUT2D eigenvalue weighted by atomic mass is 10.1. The lowest BCUT2D eigenvalue weighted by molar-refractivity contribution is 0.607. The molecule has 5 heteroatoms. The molecular weight excluding hydrogens is 232 g/mol. The minimum Gasteiger partial charge on any atom is -0.327 e. The molecule has 0 aliphatic heterocycles. The van der Waals surface area contributed by atoms with Crippen LogP contribution in [0.15, 0.2) is 11.4 Å². The van der Waals surface area contributed by atoms with Crippen LogP contribution in [0.5, 0.6) is 0 Å². The van der Waals surface area contributed by atoms with Crippen molar-refractivity contribution < 1.29 is 0 Å². The van der Waals surface area contributed by atoms with Crippen LogP contribution in [-0.4, -0.2) is 20.8 Å². The Morgan fingerprint density at radius 2 is 2.18 bits per heavy atom. The molecule has 0 amide bonds. The zero-order chi connectivity index (χ0) is 12.4. The van der Waals surface area contributed by atoms with E-state index in [2.05, 4.69) is 21.5 Å². The first kappa shape index (κ1) is 12.3. The zero-order valence-corrected chi connectivity index (χ0v) is 11.3. The second-order valence-electron chi connectivity index (χ2n) is 4.43. The molecule has 0 spiro atoms. The molecular formula is C12H18N4S. The highest BCUT2D eigenvalue weighted by Crippen LogP contribution is 2.12. The summed E-state index contributed by atoms with van der Waals surface area (Å²) < 4.78 is 1.90. The first-order valence-corrected chi connectivity index (χ1v) is 6.58. The van der Waals surface area contributed by atoms with Gasteiger partial charge in [-0.1, -0.05) is 0 Å². The SMILES string of the molecule is Cc1cc(CC(N)Cc2csc(C)n2)n(C)n1. The van der Waals surface area contributed by atoms with E-state index in [9.17, 15) is 0 Å². The minimum absolute atomic E-state index is 0.103. The zero-order valence-electron chi connectivity index (χ0n) is 10.5. The molecule has 2 aromatic rings. The Bertz CT molecular complexity index is 500. The standard InChI is InChI=1S/C12H18N4S/c1-8-4-12(16(3)15-8)6-10(13)5-11-7-17-9(2)14-11/h4,7,10H,5-6,13H2,1-3H3. The van der Waals surface area contributed by atoms with Crippen molar-refractivity contribution in [3.8, 4) is 0 Å². The topological polar surface area (TPSA) is 56.7 Å². The normalized spacial score (nSPS) is 12.9. The van der Waals surface area contributed by atoms with Crippen LogP contribution < -0.4 is 5.73 Å². The third kappa shape index (κ3) is 3.14. The second kappa shape index (κ2) is 4.98. The molecule has 1 atom stereocenters. The molecule has 0 aromatic carbocycles. The highest BCUT2D eigenvalue weighted by Gasteiger charge is 2.10. The predicted octanol–water partition coefficient (Wildman–Crippen LogP) is 1.61. The molecule has 0 saturated heterocycles. The number of rotatable bonds is 4. The average molecular weight is 250 g/mol. The van der Waals surface area contributed by atoms with Crippen molar-refractivity contribution >= 4 is 11.3 Å². The van der Waals surface area contributed by atoms with E-state index in [1.54, 1.807) is 11.3 Å². The van der Waals surface area contributed by atoms with Crippen molar-refractivity contribution in [3.63, 3.8) is 0 Å². The Hall–Kier alpha value is -1.20. The fraction of sp³-hybridized carbons (Fsp3) is 0.500. The molecule has 0 saturated carbocycles. The van der Waals surface area contributed by atoms with Gasteiger partial charge in [-0.2, -0.15) is 5.10 Å². The first-order chi connectivity index (χ1) is 8.04. The third-order valence-corrected chi connectivity index (χ3v) is 3.53. The summed E-state index contributed by atoms with van der Waals surface area (Å²) in [7, 11) is 1.96. The number of hydrogen-bond donors (Lipinski definition) is 1. The van der Waals surface area contributed by atoms with Crippen LogP contribution in [0.4, 0.5) is 0 Å². The Morgan fingerprint density at radius 3 is 2.71 bits per heavy atom. The van der Waals surface area contributed by atoms with Gasteiger partial charge in [0.05, 0.1) is 16.4 Å². The van der Waals surface area contributed by atoms with Gasteiger partial charge in [-0.05, 0) is 19.9 Å². The van der Waals surface area contributed by atoms with Gasteiger partial charge in [0.25, 0.3) is 0 Å². The first-order valence-electron chi connectivity index (χ1n) is 5.70. The van der Waals surface area contributed by atoms with E-state index in [-0.39, 0.29) is 6.04 Å². The molecule has 17 heavy (non-hydrogen) atoms. The number of nitrogens with two attached hydrogens (primary N) is 1. The fourth-order valence-corrected chi connectivity index (χ4v) is 2.59. The van der Waals surface area contributed by atoms with E-state index in [1.165, 1.54) is 5.69 Å². The molecule has 1 unspecified atom stereocenters. The molecule has 2 rings (SSSR count). The molecule has 0 aliphatic rings. The van der Waals surface area contributed by atoms with Crippen LogP contribution in [0.3, 0.4) is 0 Å².